The number of nitrogens with one attached hydrogen (secondary N) is 1. The molecule has 0 saturated carbocycles. The fourth-order valence-corrected chi connectivity index (χ4v) is 4.10. The van der Waals surface area contributed by atoms with E-state index in [1.54, 1.807) is 0 Å². The first-order valence-corrected chi connectivity index (χ1v) is 7.73. The molecule has 0 fully saturated rings. The first-order chi connectivity index (χ1) is 7.66. The Kier molecular flexibility index (Phi) is 4.38. The molecule has 0 atom stereocenters. The summed E-state index contributed by atoms with van der Waals surface area (Å²) in [4.78, 5) is 0.378. The van der Waals surface area contributed by atoms with Gasteiger partial charge in [0.15, 0.2) is 0 Å². The monoisotopic (exact) mass is 319 g/mol. The Labute approximate surface area is 112 Å². The highest BCUT2D eigenvalue weighted by Gasteiger charge is 2.22. The summed E-state index contributed by atoms with van der Waals surface area (Å²) in [5.41, 5.74) is 2.58. The fourth-order valence-electron chi connectivity index (χ4n) is 1.93. The second-order valence-electron chi connectivity index (χ2n) is 4.55. The van der Waals surface area contributed by atoms with Crippen molar-refractivity contribution in [3.63, 3.8) is 0 Å². The molecule has 0 heterocycles. The van der Waals surface area contributed by atoms with Crippen LogP contribution in [0.3, 0.4) is 0 Å². The molecule has 0 aromatic heterocycles. The van der Waals surface area contributed by atoms with E-state index in [2.05, 4.69) is 20.7 Å². The van der Waals surface area contributed by atoms with Crippen LogP contribution < -0.4 is 4.72 Å². The van der Waals surface area contributed by atoms with Crippen molar-refractivity contribution in [1.29, 1.82) is 0 Å². The highest BCUT2D eigenvalue weighted by molar-refractivity contribution is 9.10. The van der Waals surface area contributed by atoms with Gasteiger partial charge in [0.25, 0.3) is 0 Å². The van der Waals surface area contributed by atoms with Gasteiger partial charge in [-0.2, -0.15) is 0 Å². The minimum atomic E-state index is -3.44. The van der Waals surface area contributed by atoms with Crippen LogP contribution in [-0.2, 0) is 10.0 Å². The van der Waals surface area contributed by atoms with Crippen molar-refractivity contribution in [2.24, 2.45) is 0 Å². The summed E-state index contributed by atoms with van der Waals surface area (Å²) in [6.45, 7) is 9.22. The molecule has 1 aromatic rings. The van der Waals surface area contributed by atoms with E-state index in [0.717, 1.165) is 21.2 Å². The third-order valence-electron chi connectivity index (χ3n) is 2.47. The average Bonchev–Trinajstić information content (AvgIpc) is 2.11. The minimum Gasteiger partial charge on any atom is -0.209 e. The number of halogens is 1. The summed E-state index contributed by atoms with van der Waals surface area (Å²) in [6, 6.07) is 1.77. The lowest BCUT2D eigenvalue weighted by Crippen LogP contribution is -2.31. The van der Waals surface area contributed by atoms with Crippen molar-refractivity contribution in [1.82, 2.24) is 4.72 Å². The van der Waals surface area contributed by atoms with Gasteiger partial charge in [-0.3, -0.25) is 0 Å². The van der Waals surface area contributed by atoms with Gasteiger partial charge in [0.1, 0.15) is 0 Å². The zero-order valence-corrected chi connectivity index (χ0v) is 13.2. The number of benzene rings is 1. The zero-order chi connectivity index (χ0) is 13.4. The Morgan fingerprint density at radius 3 is 2.18 bits per heavy atom. The molecule has 0 bridgehead atoms. The standard InChI is InChI=1S/C12H18BrNO2S/c1-7(2)14-17(15,16)12-9(4)6-8(3)11(13)10(12)5/h6-7,14H,1-5H3. The predicted octanol–water partition coefficient (Wildman–Crippen LogP) is 3.06. The zero-order valence-electron chi connectivity index (χ0n) is 10.8. The van der Waals surface area contributed by atoms with Crippen LogP contribution in [0.4, 0.5) is 0 Å². The van der Waals surface area contributed by atoms with Gasteiger partial charge >= 0.3 is 0 Å². The molecule has 1 N–H and O–H groups in total. The van der Waals surface area contributed by atoms with E-state index < -0.39 is 10.0 Å². The molecule has 1 aromatic carbocycles. The molecule has 0 radical (unpaired) electrons. The lowest BCUT2D eigenvalue weighted by Gasteiger charge is -2.16. The van der Waals surface area contributed by atoms with E-state index in [1.807, 2.05) is 40.7 Å². The van der Waals surface area contributed by atoms with E-state index in [1.165, 1.54) is 0 Å². The number of rotatable bonds is 3. The Hall–Kier alpha value is -0.390. The number of hydrogen-bond donors (Lipinski definition) is 1. The summed E-state index contributed by atoms with van der Waals surface area (Å²) in [5.74, 6) is 0. The topological polar surface area (TPSA) is 46.2 Å². The van der Waals surface area contributed by atoms with Crippen molar-refractivity contribution in [3.05, 3.63) is 27.2 Å². The van der Waals surface area contributed by atoms with Crippen LogP contribution in [0.1, 0.15) is 30.5 Å². The Morgan fingerprint density at radius 1 is 1.18 bits per heavy atom. The molecule has 3 nitrogen and oxygen atoms in total. The van der Waals surface area contributed by atoms with E-state index >= 15 is 0 Å². The van der Waals surface area contributed by atoms with Gasteiger partial charge in [0, 0.05) is 10.5 Å². The molecule has 0 spiro atoms. The lowest BCUT2D eigenvalue weighted by molar-refractivity contribution is 0.568. The van der Waals surface area contributed by atoms with Crippen LogP contribution in [0.25, 0.3) is 0 Å². The summed E-state index contributed by atoms with van der Waals surface area (Å²) in [6.07, 6.45) is 0. The summed E-state index contributed by atoms with van der Waals surface area (Å²) in [5, 5.41) is 0. The third-order valence-corrected chi connectivity index (χ3v) is 5.63. The lowest BCUT2D eigenvalue weighted by atomic mass is 10.1. The van der Waals surface area contributed by atoms with Gasteiger partial charge in [-0.25, -0.2) is 13.1 Å². The molecule has 1 rings (SSSR count). The fraction of sp³-hybridized carbons (Fsp3) is 0.500. The van der Waals surface area contributed by atoms with E-state index in [0.29, 0.717) is 4.90 Å². The average molecular weight is 320 g/mol. The third kappa shape index (κ3) is 3.09. The Bertz CT molecular complexity index is 536. The highest BCUT2D eigenvalue weighted by Crippen LogP contribution is 2.30. The second-order valence-corrected chi connectivity index (χ2v) is 7.00. The molecular weight excluding hydrogens is 302 g/mol. The highest BCUT2D eigenvalue weighted by atomic mass is 79.9. The van der Waals surface area contributed by atoms with Gasteiger partial charge < -0.3 is 0 Å². The van der Waals surface area contributed by atoms with Crippen molar-refractivity contribution >= 4 is 26.0 Å². The van der Waals surface area contributed by atoms with Crippen LogP contribution in [-0.4, -0.2) is 14.5 Å². The van der Waals surface area contributed by atoms with Gasteiger partial charge in [0.05, 0.1) is 4.90 Å². The van der Waals surface area contributed by atoms with Gasteiger partial charge in [-0.1, -0.05) is 22.0 Å². The molecule has 17 heavy (non-hydrogen) atoms. The van der Waals surface area contributed by atoms with Crippen molar-refractivity contribution in [2.75, 3.05) is 0 Å². The van der Waals surface area contributed by atoms with E-state index in [-0.39, 0.29) is 6.04 Å². The van der Waals surface area contributed by atoms with Crippen molar-refractivity contribution < 1.29 is 8.42 Å². The number of sulfonamides is 1. The Balaban J connectivity index is 3.47. The first kappa shape index (κ1) is 14.7. The first-order valence-electron chi connectivity index (χ1n) is 5.45. The Morgan fingerprint density at radius 2 is 1.71 bits per heavy atom. The molecule has 0 aliphatic carbocycles. The van der Waals surface area contributed by atoms with Crippen LogP contribution in [0.15, 0.2) is 15.4 Å². The largest absolute Gasteiger partial charge is 0.241 e. The summed E-state index contributed by atoms with van der Waals surface area (Å²) in [7, 11) is -3.44. The van der Waals surface area contributed by atoms with E-state index in [9.17, 15) is 8.42 Å². The summed E-state index contributed by atoms with van der Waals surface area (Å²) < 4.78 is 27.9. The normalized spacial score (nSPS) is 12.2. The molecular formula is C12H18BrNO2S. The molecule has 0 amide bonds. The molecule has 0 unspecified atom stereocenters. The van der Waals surface area contributed by atoms with Crippen molar-refractivity contribution in [3.8, 4) is 0 Å². The minimum absolute atomic E-state index is 0.112. The quantitative estimate of drug-likeness (QED) is 0.930. The molecule has 96 valence electrons. The van der Waals surface area contributed by atoms with Gasteiger partial charge in [-0.15, -0.1) is 0 Å². The number of aryl methyl sites for hydroxylation is 2. The van der Waals surface area contributed by atoms with Gasteiger partial charge in [0.2, 0.25) is 10.0 Å². The van der Waals surface area contributed by atoms with Gasteiger partial charge in [-0.05, 0) is 51.3 Å². The van der Waals surface area contributed by atoms with E-state index in [4.69, 9.17) is 0 Å². The molecule has 0 aliphatic rings. The predicted molar refractivity (Wildman–Crippen MR) is 73.8 cm³/mol. The van der Waals surface area contributed by atoms with Crippen LogP contribution in [0.2, 0.25) is 0 Å². The smallest absolute Gasteiger partial charge is 0.209 e. The summed E-state index contributed by atoms with van der Waals surface area (Å²) >= 11 is 3.43. The molecule has 5 heteroatoms. The SMILES string of the molecule is Cc1cc(C)c(S(=O)(=O)NC(C)C)c(C)c1Br. The molecule has 0 saturated heterocycles. The maximum Gasteiger partial charge on any atom is 0.241 e. The molecule has 0 aliphatic heterocycles. The number of hydrogen-bond acceptors (Lipinski definition) is 2. The maximum atomic E-state index is 12.2. The maximum absolute atomic E-state index is 12.2. The second kappa shape index (κ2) is 5.08. The van der Waals surface area contributed by atoms with Crippen LogP contribution in [0, 0.1) is 20.8 Å². The van der Waals surface area contributed by atoms with Crippen LogP contribution in [0.5, 0.6) is 0 Å². The van der Waals surface area contributed by atoms with Crippen molar-refractivity contribution in [2.45, 2.75) is 45.6 Å². The van der Waals surface area contributed by atoms with Crippen LogP contribution >= 0.6 is 15.9 Å².